The van der Waals surface area contributed by atoms with Crippen molar-refractivity contribution in [3.8, 4) is 5.75 Å². The number of carbonyl (C=O) groups is 2. The first-order valence-electron chi connectivity index (χ1n) is 11.3. The minimum absolute atomic E-state index is 0.0206. The van der Waals surface area contributed by atoms with Crippen molar-refractivity contribution in [2.75, 3.05) is 50.1 Å². The molecule has 0 radical (unpaired) electrons. The number of nitrogens with one attached hydrogen (secondary N) is 2. The second-order valence-electron chi connectivity index (χ2n) is 8.03. The molecule has 1 saturated heterocycles. The fourth-order valence-electron chi connectivity index (χ4n) is 3.57. The molecule has 32 heavy (non-hydrogen) atoms. The van der Waals surface area contributed by atoms with Crippen LogP contribution in [0.5, 0.6) is 5.75 Å². The molecule has 0 saturated carbocycles. The van der Waals surface area contributed by atoms with E-state index >= 15 is 0 Å². The van der Waals surface area contributed by atoms with Gasteiger partial charge in [0.1, 0.15) is 12.4 Å². The van der Waals surface area contributed by atoms with Gasteiger partial charge < -0.3 is 25.0 Å². The van der Waals surface area contributed by atoms with E-state index in [4.69, 9.17) is 9.47 Å². The van der Waals surface area contributed by atoms with E-state index in [1.807, 2.05) is 36.1 Å². The second kappa shape index (κ2) is 12.1. The topological polar surface area (TPSA) is 79.9 Å². The predicted molar refractivity (Wildman–Crippen MR) is 126 cm³/mol. The van der Waals surface area contributed by atoms with Gasteiger partial charge in [0.2, 0.25) is 5.91 Å². The van der Waals surface area contributed by atoms with Crippen molar-refractivity contribution in [2.45, 2.75) is 26.7 Å². The Labute approximate surface area is 190 Å². The van der Waals surface area contributed by atoms with E-state index in [-0.39, 0.29) is 18.4 Å². The number of ether oxygens (including phenoxy) is 2. The van der Waals surface area contributed by atoms with Crippen LogP contribution in [0.3, 0.4) is 0 Å². The van der Waals surface area contributed by atoms with E-state index in [1.54, 1.807) is 24.3 Å². The monoisotopic (exact) mass is 439 g/mol. The summed E-state index contributed by atoms with van der Waals surface area (Å²) >= 11 is 0. The van der Waals surface area contributed by atoms with E-state index in [0.717, 1.165) is 31.6 Å². The second-order valence-corrected chi connectivity index (χ2v) is 8.03. The number of nitrogens with zero attached hydrogens (tertiary/aromatic N) is 1. The summed E-state index contributed by atoms with van der Waals surface area (Å²) in [5.74, 6) is 1.21. The third-order valence-corrected chi connectivity index (χ3v) is 5.45. The van der Waals surface area contributed by atoms with Crippen molar-refractivity contribution in [1.29, 1.82) is 0 Å². The number of carbonyl (C=O) groups excluding carboxylic acids is 2. The predicted octanol–water partition coefficient (Wildman–Crippen LogP) is 4.02. The molecular formula is C25H33N3O4. The van der Waals surface area contributed by atoms with Crippen LogP contribution in [0.4, 0.5) is 11.4 Å². The molecule has 2 amide bonds. The number of hydrogen-bond donors (Lipinski definition) is 2. The Kier molecular flexibility index (Phi) is 8.92. The summed E-state index contributed by atoms with van der Waals surface area (Å²) in [6.07, 6.45) is 2.07. The maximum absolute atomic E-state index is 12.8. The van der Waals surface area contributed by atoms with Gasteiger partial charge in [0.25, 0.3) is 5.91 Å². The third-order valence-electron chi connectivity index (χ3n) is 5.45. The van der Waals surface area contributed by atoms with Gasteiger partial charge in [-0.25, -0.2) is 0 Å². The first kappa shape index (κ1) is 23.6. The quantitative estimate of drug-likeness (QED) is 0.547. The zero-order valence-corrected chi connectivity index (χ0v) is 18.9. The molecule has 2 aromatic rings. The van der Waals surface area contributed by atoms with Crippen LogP contribution in [-0.4, -0.2) is 56.2 Å². The molecule has 7 heteroatoms. The Hall–Kier alpha value is -3.06. The molecule has 1 aliphatic heterocycles. The van der Waals surface area contributed by atoms with Gasteiger partial charge in [-0.2, -0.15) is 0 Å². The van der Waals surface area contributed by atoms with Crippen molar-refractivity contribution in [2.24, 2.45) is 5.92 Å². The summed E-state index contributed by atoms with van der Waals surface area (Å²) in [7, 11) is 0. The molecule has 1 aliphatic rings. The first-order valence-corrected chi connectivity index (χ1v) is 11.3. The minimum atomic E-state index is -0.191. The van der Waals surface area contributed by atoms with E-state index in [0.29, 0.717) is 42.7 Å². The maximum Gasteiger partial charge on any atom is 0.253 e. The van der Waals surface area contributed by atoms with Crippen LogP contribution in [0, 0.1) is 5.92 Å². The number of anilines is 2. The zero-order valence-electron chi connectivity index (χ0n) is 18.9. The number of hydrogen-bond acceptors (Lipinski definition) is 5. The van der Waals surface area contributed by atoms with Gasteiger partial charge in [-0.1, -0.05) is 19.1 Å². The highest BCUT2D eigenvalue weighted by Crippen LogP contribution is 2.20. The van der Waals surface area contributed by atoms with Crippen LogP contribution < -0.4 is 15.4 Å². The van der Waals surface area contributed by atoms with Crippen LogP contribution in [-0.2, 0) is 9.53 Å². The lowest BCUT2D eigenvalue weighted by molar-refractivity contribution is -0.114. The normalized spacial score (nSPS) is 14.1. The molecule has 0 aliphatic carbocycles. The summed E-state index contributed by atoms with van der Waals surface area (Å²) in [5.41, 5.74) is 2.00. The van der Waals surface area contributed by atoms with Gasteiger partial charge >= 0.3 is 0 Å². The third kappa shape index (κ3) is 7.27. The summed E-state index contributed by atoms with van der Waals surface area (Å²) < 4.78 is 10.9. The van der Waals surface area contributed by atoms with Gasteiger partial charge in [0, 0.05) is 42.7 Å². The van der Waals surface area contributed by atoms with E-state index < -0.39 is 0 Å². The van der Waals surface area contributed by atoms with Crippen LogP contribution >= 0.6 is 0 Å². The number of piperidine rings is 1. The molecular weight excluding hydrogens is 406 g/mol. The number of benzene rings is 2. The standard InChI is InChI=1S/C25H33N3O4/c1-3-31-14-15-32-23-9-5-7-21(17-23)26-18-24(29)27-22-8-4-6-20(16-22)25(30)28-12-10-19(2)11-13-28/h4-9,16-17,19,26H,3,10-15,18H2,1-2H3,(H,27,29). The average Bonchev–Trinajstić information content (AvgIpc) is 2.81. The van der Waals surface area contributed by atoms with Gasteiger partial charge in [-0.05, 0) is 56.0 Å². The van der Waals surface area contributed by atoms with E-state index in [2.05, 4.69) is 17.6 Å². The van der Waals surface area contributed by atoms with Gasteiger partial charge in [0.05, 0.1) is 13.2 Å². The highest BCUT2D eigenvalue weighted by atomic mass is 16.5. The highest BCUT2D eigenvalue weighted by Gasteiger charge is 2.21. The fraction of sp³-hybridized carbons (Fsp3) is 0.440. The Balaban J connectivity index is 1.49. The molecule has 0 aromatic heterocycles. The van der Waals surface area contributed by atoms with Crippen molar-refractivity contribution >= 4 is 23.2 Å². The largest absolute Gasteiger partial charge is 0.491 e. The molecule has 0 unspecified atom stereocenters. The molecule has 0 bridgehead atoms. The maximum atomic E-state index is 12.8. The molecule has 7 nitrogen and oxygen atoms in total. The Bertz CT molecular complexity index is 894. The molecule has 0 atom stereocenters. The molecule has 2 N–H and O–H groups in total. The number of amides is 2. The van der Waals surface area contributed by atoms with Crippen LogP contribution in [0.1, 0.15) is 37.0 Å². The number of rotatable bonds is 10. The lowest BCUT2D eigenvalue weighted by Crippen LogP contribution is -2.37. The Morgan fingerprint density at radius 3 is 2.56 bits per heavy atom. The van der Waals surface area contributed by atoms with Crippen molar-refractivity contribution in [1.82, 2.24) is 4.90 Å². The molecule has 1 fully saturated rings. The van der Waals surface area contributed by atoms with Crippen LogP contribution in [0.25, 0.3) is 0 Å². The minimum Gasteiger partial charge on any atom is -0.491 e. The van der Waals surface area contributed by atoms with Crippen molar-refractivity contribution in [3.05, 3.63) is 54.1 Å². The molecule has 0 spiro atoms. The molecule has 2 aromatic carbocycles. The zero-order chi connectivity index (χ0) is 22.8. The van der Waals surface area contributed by atoms with Gasteiger partial charge in [0.15, 0.2) is 0 Å². The van der Waals surface area contributed by atoms with Gasteiger partial charge in [-0.3, -0.25) is 9.59 Å². The number of likely N-dealkylation sites (tertiary alicyclic amines) is 1. The highest BCUT2D eigenvalue weighted by molar-refractivity contribution is 5.98. The lowest BCUT2D eigenvalue weighted by atomic mass is 9.98. The Morgan fingerprint density at radius 2 is 1.78 bits per heavy atom. The van der Waals surface area contributed by atoms with E-state index in [9.17, 15) is 9.59 Å². The van der Waals surface area contributed by atoms with Gasteiger partial charge in [-0.15, -0.1) is 0 Å². The van der Waals surface area contributed by atoms with E-state index in [1.165, 1.54) is 0 Å². The molecule has 172 valence electrons. The summed E-state index contributed by atoms with van der Waals surface area (Å²) in [5, 5.41) is 5.96. The SMILES string of the molecule is CCOCCOc1cccc(NCC(=O)Nc2cccc(C(=O)N3CCC(C)CC3)c2)c1. The summed E-state index contributed by atoms with van der Waals surface area (Å²) in [6.45, 7) is 7.51. The smallest absolute Gasteiger partial charge is 0.253 e. The Morgan fingerprint density at radius 1 is 1.03 bits per heavy atom. The lowest BCUT2D eigenvalue weighted by Gasteiger charge is -2.30. The first-order chi connectivity index (χ1) is 15.5. The van der Waals surface area contributed by atoms with Crippen molar-refractivity contribution < 1.29 is 19.1 Å². The fourth-order valence-corrected chi connectivity index (χ4v) is 3.57. The van der Waals surface area contributed by atoms with Crippen LogP contribution in [0.2, 0.25) is 0 Å². The summed E-state index contributed by atoms with van der Waals surface area (Å²) in [4.78, 5) is 27.1. The van der Waals surface area contributed by atoms with Crippen molar-refractivity contribution in [3.63, 3.8) is 0 Å². The summed E-state index contributed by atoms with van der Waals surface area (Å²) in [6, 6.07) is 14.6. The molecule has 1 heterocycles. The average molecular weight is 440 g/mol. The molecule has 3 rings (SSSR count). The van der Waals surface area contributed by atoms with Crippen LogP contribution in [0.15, 0.2) is 48.5 Å².